The molecule has 9 heteroatoms. The maximum atomic E-state index is 10.9. The van der Waals surface area contributed by atoms with Gasteiger partial charge in [0.1, 0.15) is 0 Å². The van der Waals surface area contributed by atoms with Gasteiger partial charge in [-0.15, -0.1) is 5.10 Å². The van der Waals surface area contributed by atoms with Crippen LogP contribution in [0.25, 0.3) is 0 Å². The van der Waals surface area contributed by atoms with Crippen LogP contribution in [0.1, 0.15) is 11.1 Å². The third-order valence-electron chi connectivity index (χ3n) is 5.32. The zero-order chi connectivity index (χ0) is 19.5. The summed E-state index contributed by atoms with van der Waals surface area (Å²) in [5.74, 6) is 2.91. The quantitative estimate of drug-likeness (QED) is 0.698. The second kappa shape index (κ2) is 7.87. The van der Waals surface area contributed by atoms with Gasteiger partial charge in [0.05, 0.1) is 20.4 Å². The Morgan fingerprint density at radius 1 is 0.964 bits per heavy atom. The number of nitrogens with zero attached hydrogens (tertiary/aromatic N) is 6. The van der Waals surface area contributed by atoms with E-state index in [1.54, 1.807) is 25.3 Å². The van der Waals surface area contributed by atoms with Crippen LogP contribution in [0.4, 0.5) is 11.8 Å². The Morgan fingerprint density at radius 2 is 1.68 bits per heavy atom. The summed E-state index contributed by atoms with van der Waals surface area (Å²) in [5.41, 5.74) is 2.46. The number of hydrogen-bond acceptors (Lipinski definition) is 8. The highest BCUT2D eigenvalue weighted by atomic mass is 16.5. The first-order valence-corrected chi connectivity index (χ1v) is 9.34. The molecule has 0 atom stereocenters. The van der Waals surface area contributed by atoms with E-state index in [1.807, 2.05) is 6.07 Å². The third kappa shape index (κ3) is 3.51. The number of amides is 1. The van der Waals surface area contributed by atoms with Gasteiger partial charge >= 0.3 is 0 Å². The Hall–Kier alpha value is -3.10. The number of aromatic nitrogens is 3. The summed E-state index contributed by atoms with van der Waals surface area (Å²) in [7, 11) is 3.30. The molecule has 3 heterocycles. The molecule has 148 valence electrons. The van der Waals surface area contributed by atoms with Gasteiger partial charge in [0.25, 0.3) is 0 Å². The van der Waals surface area contributed by atoms with Gasteiger partial charge in [0.2, 0.25) is 12.4 Å². The van der Waals surface area contributed by atoms with Crippen molar-refractivity contribution in [1.82, 2.24) is 20.1 Å². The van der Waals surface area contributed by atoms with Crippen molar-refractivity contribution in [2.24, 2.45) is 0 Å². The molecule has 1 amide bonds. The molecule has 0 bridgehead atoms. The first kappa shape index (κ1) is 18.3. The lowest BCUT2D eigenvalue weighted by atomic mass is 9.99. The molecular formula is C19H24N6O3. The van der Waals surface area contributed by atoms with Gasteiger partial charge in [0, 0.05) is 39.3 Å². The highest BCUT2D eigenvalue weighted by Crippen LogP contribution is 2.34. The number of benzene rings is 1. The average Bonchev–Trinajstić information content (AvgIpc) is 2.77. The number of carbonyl (C=O) groups is 1. The fraction of sp³-hybridized carbons (Fsp3) is 0.474. The SMILES string of the molecule is COc1cc2c(cc1OC)CN(c1cnnc(N3CCN(C=O)CC3)n1)CC2. The lowest BCUT2D eigenvalue weighted by Crippen LogP contribution is -2.46. The number of hydrogen-bond donors (Lipinski definition) is 0. The molecule has 0 unspecified atom stereocenters. The van der Waals surface area contributed by atoms with Gasteiger partial charge in [-0.05, 0) is 29.7 Å². The smallest absolute Gasteiger partial charge is 0.247 e. The fourth-order valence-corrected chi connectivity index (χ4v) is 3.68. The molecule has 2 aliphatic rings. The zero-order valence-electron chi connectivity index (χ0n) is 16.2. The van der Waals surface area contributed by atoms with Crippen LogP contribution in [0.3, 0.4) is 0 Å². The van der Waals surface area contributed by atoms with E-state index in [0.29, 0.717) is 32.1 Å². The van der Waals surface area contributed by atoms with Gasteiger partial charge in [-0.2, -0.15) is 10.1 Å². The van der Waals surface area contributed by atoms with Gasteiger partial charge in [-0.3, -0.25) is 4.79 Å². The molecule has 1 aromatic heterocycles. The van der Waals surface area contributed by atoms with Crippen molar-refractivity contribution in [1.29, 1.82) is 0 Å². The molecular weight excluding hydrogens is 360 g/mol. The minimum absolute atomic E-state index is 0.612. The molecule has 1 fully saturated rings. The Balaban J connectivity index is 1.52. The van der Waals surface area contributed by atoms with Crippen LogP contribution in [-0.2, 0) is 17.8 Å². The van der Waals surface area contributed by atoms with E-state index in [-0.39, 0.29) is 0 Å². The Labute approximate surface area is 163 Å². The van der Waals surface area contributed by atoms with E-state index in [9.17, 15) is 4.79 Å². The molecule has 0 saturated carbocycles. The minimum atomic E-state index is 0.612. The van der Waals surface area contributed by atoms with Gasteiger partial charge in [0.15, 0.2) is 17.3 Å². The lowest BCUT2D eigenvalue weighted by molar-refractivity contribution is -0.118. The summed E-state index contributed by atoms with van der Waals surface area (Å²) in [6, 6.07) is 4.09. The average molecular weight is 384 g/mol. The van der Waals surface area contributed by atoms with E-state index < -0.39 is 0 Å². The third-order valence-corrected chi connectivity index (χ3v) is 5.32. The molecule has 2 aliphatic heterocycles. The first-order valence-electron chi connectivity index (χ1n) is 9.34. The standard InChI is InChI=1S/C19H24N6O3/c1-27-16-9-14-3-4-25(12-15(14)10-17(16)28-2)18-11-20-22-19(21-18)24-7-5-23(13-26)6-8-24/h9-11,13H,3-8,12H2,1-2H3. The minimum Gasteiger partial charge on any atom is -0.493 e. The van der Waals surface area contributed by atoms with Crippen LogP contribution in [0, 0.1) is 0 Å². The number of anilines is 2. The predicted molar refractivity (Wildman–Crippen MR) is 104 cm³/mol. The van der Waals surface area contributed by atoms with Crippen molar-refractivity contribution in [3.05, 3.63) is 29.5 Å². The number of methoxy groups -OCH3 is 2. The summed E-state index contributed by atoms with van der Waals surface area (Å²) in [5, 5.41) is 8.37. The van der Waals surface area contributed by atoms with Crippen LogP contribution in [0.2, 0.25) is 0 Å². The highest BCUT2D eigenvalue weighted by Gasteiger charge is 2.23. The van der Waals surface area contributed by atoms with Crippen molar-refractivity contribution < 1.29 is 14.3 Å². The van der Waals surface area contributed by atoms with E-state index in [1.165, 1.54) is 11.1 Å². The number of carbonyl (C=O) groups excluding carboxylic acids is 1. The van der Waals surface area contributed by atoms with Gasteiger partial charge in [-0.1, -0.05) is 0 Å². The first-order chi connectivity index (χ1) is 13.7. The van der Waals surface area contributed by atoms with E-state index >= 15 is 0 Å². The maximum Gasteiger partial charge on any atom is 0.247 e. The van der Waals surface area contributed by atoms with Crippen molar-refractivity contribution in [3.63, 3.8) is 0 Å². The van der Waals surface area contributed by atoms with Crippen LogP contribution in [-0.4, -0.2) is 73.4 Å². The van der Waals surface area contributed by atoms with Crippen molar-refractivity contribution in [2.45, 2.75) is 13.0 Å². The maximum absolute atomic E-state index is 10.9. The van der Waals surface area contributed by atoms with E-state index in [2.05, 4.69) is 26.1 Å². The number of rotatable bonds is 5. The van der Waals surface area contributed by atoms with Crippen molar-refractivity contribution in [2.75, 3.05) is 56.7 Å². The van der Waals surface area contributed by atoms with Crippen LogP contribution < -0.4 is 19.3 Å². The zero-order valence-corrected chi connectivity index (χ0v) is 16.2. The summed E-state index contributed by atoms with van der Waals surface area (Å²) in [6.45, 7) is 4.35. The number of ether oxygens (including phenoxy) is 2. The van der Waals surface area contributed by atoms with Gasteiger partial charge < -0.3 is 24.2 Å². The van der Waals surface area contributed by atoms with E-state index in [4.69, 9.17) is 14.5 Å². The molecule has 4 rings (SSSR count). The van der Waals surface area contributed by atoms with Crippen LogP contribution >= 0.6 is 0 Å². The largest absolute Gasteiger partial charge is 0.493 e. The summed E-state index contributed by atoms with van der Waals surface area (Å²) in [4.78, 5) is 21.7. The summed E-state index contributed by atoms with van der Waals surface area (Å²) >= 11 is 0. The molecule has 1 aromatic carbocycles. The number of fused-ring (bicyclic) bond motifs is 1. The molecule has 0 N–H and O–H groups in total. The molecule has 0 spiro atoms. The van der Waals surface area contributed by atoms with Crippen molar-refractivity contribution >= 4 is 18.2 Å². The molecule has 9 nitrogen and oxygen atoms in total. The fourth-order valence-electron chi connectivity index (χ4n) is 3.68. The molecule has 28 heavy (non-hydrogen) atoms. The molecule has 0 radical (unpaired) electrons. The summed E-state index contributed by atoms with van der Waals surface area (Å²) < 4.78 is 10.9. The highest BCUT2D eigenvalue weighted by molar-refractivity contribution is 5.52. The van der Waals surface area contributed by atoms with Crippen LogP contribution in [0.15, 0.2) is 18.3 Å². The number of piperazine rings is 1. The molecule has 2 aromatic rings. The Kier molecular flexibility index (Phi) is 5.14. The molecule has 1 saturated heterocycles. The van der Waals surface area contributed by atoms with E-state index in [0.717, 1.165) is 43.2 Å². The Morgan fingerprint density at radius 3 is 2.36 bits per heavy atom. The lowest BCUT2D eigenvalue weighted by Gasteiger charge is -2.33. The Bertz CT molecular complexity index is 854. The molecule has 0 aliphatic carbocycles. The topological polar surface area (TPSA) is 83.9 Å². The monoisotopic (exact) mass is 384 g/mol. The summed E-state index contributed by atoms with van der Waals surface area (Å²) in [6.07, 6.45) is 3.49. The predicted octanol–water partition coefficient (Wildman–Crippen LogP) is 0.730. The van der Waals surface area contributed by atoms with Crippen LogP contribution in [0.5, 0.6) is 11.5 Å². The van der Waals surface area contributed by atoms with Crippen molar-refractivity contribution in [3.8, 4) is 11.5 Å². The second-order valence-corrected chi connectivity index (χ2v) is 6.89. The normalized spacial score (nSPS) is 16.6. The second-order valence-electron chi connectivity index (χ2n) is 6.89. The van der Waals surface area contributed by atoms with Gasteiger partial charge in [-0.25, -0.2) is 0 Å².